The average Bonchev–Trinajstić information content (AvgIpc) is 2.81. The first-order chi connectivity index (χ1) is 15.9. The van der Waals surface area contributed by atoms with Crippen molar-refractivity contribution in [2.24, 2.45) is 0 Å². The molecule has 0 unspecified atom stereocenters. The summed E-state index contributed by atoms with van der Waals surface area (Å²) in [6, 6.07) is 19.8. The van der Waals surface area contributed by atoms with Gasteiger partial charge in [-0.2, -0.15) is 8.42 Å². The van der Waals surface area contributed by atoms with Gasteiger partial charge in [-0.1, -0.05) is 30.3 Å². The number of para-hydroxylation sites is 1. The minimum atomic E-state index is -4.13. The first-order valence-corrected chi connectivity index (χ1v) is 11.5. The van der Waals surface area contributed by atoms with Crippen molar-refractivity contribution in [3.8, 4) is 11.5 Å². The molecular weight excluding hydrogens is 449 g/mol. The number of rotatable bonds is 11. The molecule has 33 heavy (non-hydrogen) atoms. The molecule has 9 heteroatoms. The van der Waals surface area contributed by atoms with Crippen molar-refractivity contribution in [1.82, 2.24) is 4.90 Å². The van der Waals surface area contributed by atoms with Crippen LogP contribution in [-0.4, -0.2) is 46.1 Å². The van der Waals surface area contributed by atoms with E-state index in [1.165, 1.54) is 19.2 Å². The van der Waals surface area contributed by atoms with Gasteiger partial charge < -0.3 is 18.6 Å². The third kappa shape index (κ3) is 7.30. The molecule has 3 rings (SSSR count). The van der Waals surface area contributed by atoms with Crippen LogP contribution in [0, 0.1) is 5.82 Å². The first-order valence-electron chi connectivity index (χ1n) is 10.1. The topological polar surface area (TPSA) is 82.1 Å². The Morgan fingerprint density at radius 3 is 2.33 bits per heavy atom. The van der Waals surface area contributed by atoms with Crippen LogP contribution in [0.5, 0.6) is 11.5 Å². The van der Waals surface area contributed by atoms with Crippen LogP contribution in [-0.2, 0) is 26.2 Å². The summed E-state index contributed by atoms with van der Waals surface area (Å²) in [6.45, 7) is 0.704. The number of hydrogen-bond acceptors (Lipinski definition) is 6. The second kappa shape index (κ2) is 11.4. The molecule has 0 aliphatic heterocycles. The minimum absolute atomic E-state index is 0.0801. The number of halogens is 1. The number of benzene rings is 3. The Kier molecular flexibility index (Phi) is 8.39. The maximum absolute atomic E-state index is 13.1. The van der Waals surface area contributed by atoms with Gasteiger partial charge in [0.15, 0.2) is 6.61 Å². The van der Waals surface area contributed by atoms with Crippen molar-refractivity contribution in [3.05, 3.63) is 90.2 Å². The number of ether oxygens (including phenoxy) is 2. The van der Waals surface area contributed by atoms with Crippen LogP contribution < -0.4 is 8.92 Å². The molecule has 0 atom stereocenters. The molecule has 0 saturated heterocycles. The van der Waals surface area contributed by atoms with Gasteiger partial charge in [-0.3, -0.25) is 4.79 Å². The second-order valence-corrected chi connectivity index (χ2v) is 8.59. The summed E-state index contributed by atoms with van der Waals surface area (Å²) in [4.78, 5) is 14.1. The Bertz CT molecular complexity index is 1150. The van der Waals surface area contributed by atoms with Crippen LogP contribution in [0.15, 0.2) is 83.8 Å². The quantitative estimate of drug-likeness (QED) is 0.396. The van der Waals surface area contributed by atoms with Gasteiger partial charge in [0.25, 0.3) is 5.91 Å². The zero-order chi connectivity index (χ0) is 23.7. The normalized spacial score (nSPS) is 11.1. The van der Waals surface area contributed by atoms with E-state index in [4.69, 9.17) is 13.7 Å². The fourth-order valence-electron chi connectivity index (χ4n) is 2.94. The molecule has 0 bridgehead atoms. The standard InChI is InChI=1S/C24H24FNO6S/c1-30-15-14-26(24(27)18-31-21-7-3-2-4-8-21)17-19-6-5-9-22(16-19)32-33(28,29)23-12-10-20(25)11-13-23/h2-13,16H,14-15,17-18H2,1H3. The Morgan fingerprint density at radius 1 is 0.939 bits per heavy atom. The first kappa shape index (κ1) is 24.2. The smallest absolute Gasteiger partial charge is 0.339 e. The second-order valence-electron chi connectivity index (χ2n) is 7.05. The van der Waals surface area contributed by atoms with Crippen molar-refractivity contribution in [2.75, 3.05) is 26.9 Å². The van der Waals surface area contributed by atoms with E-state index in [0.29, 0.717) is 24.5 Å². The van der Waals surface area contributed by atoms with E-state index in [9.17, 15) is 17.6 Å². The van der Waals surface area contributed by atoms with E-state index in [0.717, 1.165) is 24.3 Å². The van der Waals surface area contributed by atoms with E-state index in [1.807, 2.05) is 18.2 Å². The molecule has 0 spiro atoms. The summed E-state index contributed by atoms with van der Waals surface area (Å²) >= 11 is 0. The number of carbonyl (C=O) groups is 1. The molecule has 7 nitrogen and oxygen atoms in total. The van der Waals surface area contributed by atoms with E-state index >= 15 is 0 Å². The molecule has 0 aliphatic rings. The summed E-state index contributed by atoms with van der Waals surface area (Å²) in [7, 11) is -2.59. The van der Waals surface area contributed by atoms with Crippen LogP contribution in [0.1, 0.15) is 5.56 Å². The van der Waals surface area contributed by atoms with Crippen molar-refractivity contribution in [1.29, 1.82) is 0 Å². The summed E-state index contributed by atoms with van der Waals surface area (Å²) in [5, 5.41) is 0. The van der Waals surface area contributed by atoms with Crippen LogP contribution in [0.4, 0.5) is 4.39 Å². The molecule has 0 fully saturated rings. The largest absolute Gasteiger partial charge is 0.484 e. The molecule has 0 saturated carbocycles. The molecule has 3 aromatic carbocycles. The van der Waals surface area contributed by atoms with Crippen molar-refractivity contribution in [3.63, 3.8) is 0 Å². The molecule has 174 valence electrons. The zero-order valence-electron chi connectivity index (χ0n) is 18.0. The Balaban J connectivity index is 1.69. The van der Waals surface area contributed by atoms with Crippen molar-refractivity contribution < 1.29 is 31.3 Å². The number of hydrogen-bond donors (Lipinski definition) is 0. The Hall–Kier alpha value is -3.43. The molecule has 1 amide bonds. The molecule has 0 aromatic heterocycles. The number of carbonyl (C=O) groups excluding carboxylic acids is 1. The minimum Gasteiger partial charge on any atom is -0.484 e. The lowest BCUT2D eigenvalue weighted by molar-refractivity contribution is -0.134. The van der Waals surface area contributed by atoms with Crippen molar-refractivity contribution >= 4 is 16.0 Å². The SMILES string of the molecule is COCCN(Cc1cccc(OS(=O)(=O)c2ccc(F)cc2)c1)C(=O)COc1ccccc1. The lowest BCUT2D eigenvalue weighted by Gasteiger charge is -2.23. The maximum Gasteiger partial charge on any atom is 0.339 e. The summed E-state index contributed by atoms with van der Waals surface area (Å²) in [5.74, 6) is -0.135. The maximum atomic E-state index is 13.1. The van der Waals surface area contributed by atoms with Crippen molar-refractivity contribution in [2.45, 2.75) is 11.4 Å². The zero-order valence-corrected chi connectivity index (χ0v) is 18.8. The summed E-state index contributed by atoms with van der Waals surface area (Å²) in [5.41, 5.74) is 0.658. The molecular formula is C24H24FNO6S. The van der Waals surface area contributed by atoms with E-state index in [1.54, 1.807) is 29.2 Å². The van der Waals surface area contributed by atoms with Crippen LogP contribution in [0.2, 0.25) is 0 Å². The lowest BCUT2D eigenvalue weighted by Crippen LogP contribution is -2.36. The monoisotopic (exact) mass is 473 g/mol. The van der Waals surface area contributed by atoms with Crippen LogP contribution in [0.3, 0.4) is 0 Å². The van der Waals surface area contributed by atoms with Gasteiger partial charge in [-0.25, -0.2) is 4.39 Å². The van der Waals surface area contributed by atoms with Gasteiger partial charge in [0, 0.05) is 20.2 Å². The fourth-order valence-corrected chi connectivity index (χ4v) is 3.86. The highest BCUT2D eigenvalue weighted by Gasteiger charge is 2.18. The van der Waals surface area contributed by atoms with E-state index in [-0.39, 0.29) is 29.7 Å². The third-order valence-corrected chi connectivity index (χ3v) is 5.87. The number of amides is 1. The van der Waals surface area contributed by atoms with Crippen LogP contribution >= 0.6 is 0 Å². The molecule has 3 aromatic rings. The Labute approximate surface area is 192 Å². The number of nitrogens with zero attached hydrogens (tertiary/aromatic N) is 1. The third-order valence-electron chi connectivity index (χ3n) is 4.60. The predicted octanol–water partition coefficient (Wildman–Crippen LogP) is 3.65. The lowest BCUT2D eigenvalue weighted by atomic mass is 10.2. The van der Waals surface area contributed by atoms with Gasteiger partial charge in [-0.05, 0) is 54.1 Å². The number of methoxy groups -OCH3 is 1. The highest BCUT2D eigenvalue weighted by atomic mass is 32.2. The highest BCUT2D eigenvalue weighted by molar-refractivity contribution is 7.87. The average molecular weight is 474 g/mol. The molecule has 0 aliphatic carbocycles. The van der Waals surface area contributed by atoms with E-state index < -0.39 is 15.9 Å². The summed E-state index contributed by atoms with van der Waals surface area (Å²) < 4.78 is 53.9. The summed E-state index contributed by atoms with van der Waals surface area (Å²) in [6.07, 6.45) is 0. The van der Waals surface area contributed by atoms with E-state index in [2.05, 4.69) is 0 Å². The molecule has 0 radical (unpaired) electrons. The van der Waals surface area contributed by atoms with Gasteiger partial charge >= 0.3 is 10.1 Å². The molecule has 0 N–H and O–H groups in total. The van der Waals surface area contributed by atoms with Gasteiger partial charge in [-0.15, -0.1) is 0 Å². The highest BCUT2D eigenvalue weighted by Crippen LogP contribution is 2.21. The van der Waals surface area contributed by atoms with Crippen LogP contribution in [0.25, 0.3) is 0 Å². The predicted molar refractivity (Wildman–Crippen MR) is 120 cm³/mol. The molecule has 0 heterocycles. The van der Waals surface area contributed by atoms with Gasteiger partial charge in [0.05, 0.1) is 6.61 Å². The fraction of sp³-hybridized carbons (Fsp3) is 0.208. The van der Waals surface area contributed by atoms with Gasteiger partial charge in [0.2, 0.25) is 0 Å². The Morgan fingerprint density at radius 2 is 1.64 bits per heavy atom. The van der Waals surface area contributed by atoms with Gasteiger partial charge in [0.1, 0.15) is 22.2 Å².